The largest absolute Gasteiger partial charge is 0.456 e. The van der Waals surface area contributed by atoms with Gasteiger partial charge < -0.3 is 18.1 Å². The maximum Gasteiger partial charge on any atom is 0.137 e. The molecular weight excluding hydrogens is 613 g/mol. The number of aromatic nitrogens is 1. The molecule has 4 heterocycles. The topological polar surface area (TPSA) is 33.9 Å². The quantitative estimate of drug-likeness (QED) is 0.193. The summed E-state index contributed by atoms with van der Waals surface area (Å²) in [4.78, 5) is 2.40. The molecule has 0 unspecified atom stereocenters. The summed E-state index contributed by atoms with van der Waals surface area (Å²) in [5, 5.41) is 11.8. The van der Waals surface area contributed by atoms with E-state index < -0.39 is 0 Å². The van der Waals surface area contributed by atoms with E-state index in [2.05, 4.69) is 167 Å². The zero-order valence-corrected chi connectivity index (χ0v) is 26.7. The van der Waals surface area contributed by atoms with Crippen LogP contribution in [0.15, 0.2) is 167 Å². The molecule has 0 spiro atoms. The minimum atomic E-state index is 0.881. The Balaban J connectivity index is 1.22. The summed E-state index contributed by atoms with van der Waals surface area (Å²) in [5.41, 5.74) is 10.4. The van der Waals surface area contributed by atoms with Gasteiger partial charge in [-0.05, 0) is 89.0 Å². The van der Waals surface area contributed by atoms with Crippen LogP contribution in [0, 0.1) is 0 Å². The van der Waals surface area contributed by atoms with Crippen molar-refractivity contribution in [1.82, 2.24) is 4.40 Å². The van der Waals surface area contributed by atoms with E-state index in [4.69, 9.17) is 8.83 Å². The van der Waals surface area contributed by atoms with Gasteiger partial charge in [0.05, 0.1) is 27.6 Å². The van der Waals surface area contributed by atoms with Gasteiger partial charge in [0.2, 0.25) is 0 Å². The highest BCUT2D eigenvalue weighted by molar-refractivity contribution is 6.31. The van der Waals surface area contributed by atoms with Crippen LogP contribution < -0.4 is 4.90 Å². The molecular formula is C46H26N2O2. The van der Waals surface area contributed by atoms with Crippen LogP contribution in [0.25, 0.3) is 92.7 Å². The average Bonchev–Trinajstić information content (AvgIpc) is 3.81. The summed E-state index contributed by atoms with van der Waals surface area (Å²) < 4.78 is 15.3. The molecule has 0 amide bonds. The summed E-state index contributed by atoms with van der Waals surface area (Å²) >= 11 is 0. The molecule has 0 bridgehead atoms. The first-order valence-corrected chi connectivity index (χ1v) is 17.0. The van der Waals surface area contributed by atoms with Crippen molar-refractivity contribution in [2.75, 3.05) is 4.90 Å². The first-order chi connectivity index (χ1) is 24.8. The molecule has 4 heteroatoms. The van der Waals surface area contributed by atoms with Gasteiger partial charge in [0.25, 0.3) is 0 Å². The van der Waals surface area contributed by atoms with Crippen molar-refractivity contribution in [3.63, 3.8) is 0 Å². The zero-order chi connectivity index (χ0) is 32.5. The molecule has 0 fully saturated rings. The molecule has 8 aromatic carbocycles. The predicted octanol–water partition coefficient (Wildman–Crippen LogP) is 13.3. The fraction of sp³-hybridized carbons (Fsp3) is 0. The van der Waals surface area contributed by atoms with Gasteiger partial charge in [-0.2, -0.15) is 0 Å². The van der Waals surface area contributed by atoms with Crippen molar-refractivity contribution in [2.24, 2.45) is 0 Å². The van der Waals surface area contributed by atoms with Gasteiger partial charge in [-0.3, -0.25) is 0 Å². The summed E-state index contributed by atoms with van der Waals surface area (Å²) in [6, 6.07) is 56.5. The Morgan fingerprint density at radius 2 is 1.04 bits per heavy atom. The number of anilines is 3. The van der Waals surface area contributed by atoms with Crippen molar-refractivity contribution < 1.29 is 8.83 Å². The number of benzene rings is 8. The molecule has 50 heavy (non-hydrogen) atoms. The molecule has 12 aromatic rings. The molecule has 0 aliphatic rings. The normalized spacial score (nSPS) is 12.4. The Bertz CT molecular complexity index is 3330. The van der Waals surface area contributed by atoms with Crippen molar-refractivity contribution >= 4 is 110 Å². The van der Waals surface area contributed by atoms with Gasteiger partial charge in [-0.1, -0.05) is 84.9 Å². The Morgan fingerprint density at radius 1 is 0.380 bits per heavy atom. The second kappa shape index (κ2) is 9.43. The van der Waals surface area contributed by atoms with Crippen LogP contribution in [-0.2, 0) is 0 Å². The number of fused-ring (bicyclic) bond motifs is 9. The SMILES string of the molecule is c1ccc(N(c2ccc3oc4cc5ccccc5cc4c3c2)c2cccc3c2c2cccc4c5cccc6oc7cccc(c7c65)n3c42)cc1. The van der Waals surface area contributed by atoms with Crippen LogP contribution in [0.3, 0.4) is 0 Å². The second-order valence-electron chi connectivity index (χ2n) is 13.3. The van der Waals surface area contributed by atoms with E-state index in [0.717, 1.165) is 66.6 Å². The van der Waals surface area contributed by atoms with E-state index in [-0.39, 0.29) is 0 Å². The highest BCUT2D eigenvalue weighted by atomic mass is 16.3. The van der Waals surface area contributed by atoms with Crippen molar-refractivity contribution in [3.8, 4) is 0 Å². The van der Waals surface area contributed by atoms with Crippen LogP contribution in [0.5, 0.6) is 0 Å². The Kier molecular flexibility index (Phi) is 4.94. The molecule has 0 N–H and O–H groups in total. The number of furan rings is 2. The number of hydrogen-bond donors (Lipinski definition) is 0. The van der Waals surface area contributed by atoms with E-state index in [1.54, 1.807) is 0 Å². The minimum absolute atomic E-state index is 0.881. The minimum Gasteiger partial charge on any atom is -0.456 e. The van der Waals surface area contributed by atoms with Gasteiger partial charge in [0.15, 0.2) is 0 Å². The lowest BCUT2D eigenvalue weighted by Gasteiger charge is -2.26. The third-order valence-corrected chi connectivity index (χ3v) is 10.7. The lowest BCUT2D eigenvalue weighted by Crippen LogP contribution is -2.10. The molecule has 12 rings (SSSR count). The third kappa shape index (κ3) is 3.34. The number of nitrogens with zero attached hydrogens (tertiary/aromatic N) is 2. The number of hydrogen-bond acceptors (Lipinski definition) is 3. The maximum atomic E-state index is 6.44. The molecule has 0 saturated carbocycles. The van der Waals surface area contributed by atoms with E-state index in [1.807, 2.05) is 0 Å². The molecule has 4 nitrogen and oxygen atoms in total. The van der Waals surface area contributed by atoms with E-state index in [1.165, 1.54) is 43.2 Å². The number of para-hydroxylation sites is 2. The summed E-state index contributed by atoms with van der Waals surface area (Å²) in [5.74, 6) is 0. The van der Waals surface area contributed by atoms with Gasteiger partial charge in [0, 0.05) is 43.7 Å². The van der Waals surface area contributed by atoms with Crippen LogP contribution in [0.4, 0.5) is 17.1 Å². The first kappa shape index (κ1) is 26.2. The molecule has 0 atom stereocenters. The van der Waals surface area contributed by atoms with Crippen LogP contribution in [-0.4, -0.2) is 4.40 Å². The summed E-state index contributed by atoms with van der Waals surface area (Å²) in [7, 11) is 0. The van der Waals surface area contributed by atoms with Crippen molar-refractivity contribution in [3.05, 3.63) is 158 Å². The third-order valence-electron chi connectivity index (χ3n) is 10.7. The van der Waals surface area contributed by atoms with Gasteiger partial charge in [0.1, 0.15) is 22.3 Å². The van der Waals surface area contributed by atoms with Crippen LogP contribution in [0.2, 0.25) is 0 Å². The Hall–Kier alpha value is -6.78. The molecule has 0 saturated heterocycles. The first-order valence-electron chi connectivity index (χ1n) is 17.0. The van der Waals surface area contributed by atoms with Gasteiger partial charge in [-0.25, -0.2) is 0 Å². The second-order valence-corrected chi connectivity index (χ2v) is 13.3. The summed E-state index contributed by atoms with van der Waals surface area (Å²) in [6.07, 6.45) is 0. The van der Waals surface area contributed by atoms with Gasteiger partial charge in [-0.15, -0.1) is 0 Å². The molecule has 4 aromatic heterocycles. The highest BCUT2D eigenvalue weighted by Gasteiger charge is 2.24. The Labute approximate surface area is 284 Å². The average molecular weight is 639 g/mol. The van der Waals surface area contributed by atoms with E-state index >= 15 is 0 Å². The maximum absolute atomic E-state index is 6.44. The van der Waals surface area contributed by atoms with E-state index in [9.17, 15) is 0 Å². The van der Waals surface area contributed by atoms with Crippen molar-refractivity contribution in [1.29, 1.82) is 0 Å². The van der Waals surface area contributed by atoms with Crippen LogP contribution in [0.1, 0.15) is 0 Å². The van der Waals surface area contributed by atoms with Crippen LogP contribution >= 0.6 is 0 Å². The van der Waals surface area contributed by atoms with Gasteiger partial charge >= 0.3 is 0 Å². The lowest BCUT2D eigenvalue weighted by atomic mass is 10.0. The van der Waals surface area contributed by atoms with Crippen molar-refractivity contribution in [2.45, 2.75) is 0 Å². The monoisotopic (exact) mass is 638 g/mol. The molecule has 232 valence electrons. The zero-order valence-electron chi connectivity index (χ0n) is 26.7. The summed E-state index contributed by atoms with van der Waals surface area (Å²) in [6.45, 7) is 0. The predicted molar refractivity (Wildman–Crippen MR) is 208 cm³/mol. The Morgan fingerprint density at radius 3 is 1.92 bits per heavy atom. The molecule has 0 aliphatic carbocycles. The fourth-order valence-corrected chi connectivity index (χ4v) is 8.60. The number of rotatable bonds is 3. The molecule has 0 aliphatic heterocycles. The molecule has 0 radical (unpaired) electrons. The fourth-order valence-electron chi connectivity index (χ4n) is 8.60. The lowest BCUT2D eigenvalue weighted by molar-refractivity contribution is 0.669. The van der Waals surface area contributed by atoms with E-state index in [0.29, 0.717) is 0 Å². The standard InChI is InChI=1S/C46H26N2O2/c1-2-12-29(13-3-1)47(30-22-23-39-35(26-30)34-24-27-10-4-5-11-28(27)25-42(34)49-39)36-17-8-18-37-43(36)33-16-6-15-32-31-14-7-20-40-44(31)45-38(48(37)46(32)33)19-9-21-41(45)50-40/h1-26H. The highest BCUT2D eigenvalue weighted by Crippen LogP contribution is 2.48. The smallest absolute Gasteiger partial charge is 0.137 e.